The van der Waals surface area contributed by atoms with Gasteiger partial charge < -0.3 is 10.2 Å². The summed E-state index contributed by atoms with van der Waals surface area (Å²) in [5.74, 6) is 0.0500. The maximum absolute atomic E-state index is 13.1. The van der Waals surface area contributed by atoms with Gasteiger partial charge in [0.15, 0.2) is 0 Å². The lowest BCUT2D eigenvalue weighted by Gasteiger charge is -2.36. The van der Waals surface area contributed by atoms with Crippen LogP contribution in [0.2, 0.25) is 0 Å². The van der Waals surface area contributed by atoms with Crippen LogP contribution in [0.5, 0.6) is 0 Å². The summed E-state index contributed by atoms with van der Waals surface area (Å²) in [7, 11) is 0. The van der Waals surface area contributed by atoms with Gasteiger partial charge in [-0.2, -0.15) is 13.2 Å². The summed E-state index contributed by atoms with van der Waals surface area (Å²) >= 11 is 0. The molecule has 5 nitrogen and oxygen atoms in total. The number of hydrogen-bond acceptors (Lipinski definition) is 2. The van der Waals surface area contributed by atoms with Crippen molar-refractivity contribution in [3.63, 3.8) is 0 Å². The Morgan fingerprint density at radius 1 is 1.00 bits per heavy atom. The van der Waals surface area contributed by atoms with Crippen molar-refractivity contribution in [1.82, 2.24) is 4.90 Å². The number of amides is 3. The maximum Gasteiger partial charge on any atom is 0.416 e. The molecule has 3 amide bonds. The number of rotatable bonds is 5. The molecular weight excluding hydrogens is 419 g/mol. The molecular formula is C24H26F3N3O2. The summed E-state index contributed by atoms with van der Waals surface area (Å²) in [6.45, 7) is 1.10. The SMILES string of the molecule is O=C(Nc1cccc(N2CCCN(Cc3cccc(C(F)(F)F)c3)C2=O)c1)C1CCCC1. The Morgan fingerprint density at radius 2 is 1.75 bits per heavy atom. The Hall–Kier alpha value is -3.03. The number of carbonyl (C=O) groups excluding carboxylic acids is 2. The molecule has 8 heteroatoms. The van der Waals surface area contributed by atoms with Crippen LogP contribution in [0, 0.1) is 5.92 Å². The molecule has 170 valence electrons. The molecule has 32 heavy (non-hydrogen) atoms. The molecule has 4 rings (SSSR count). The molecule has 0 radical (unpaired) electrons. The summed E-state index contributed by atoms with van der Waals surface area (Å²) < 4.78 is 39.0. The molecule has 1 aliphatic heterocycles. The summed E-state index contributed by atoms with van der Waals surface area (Å²) in [5.41, 5.74) is 1.02. The maximum atomic E-state index is 13.1. The summed E-state index contributed by atoms with van der Waals surface area (Å²) in [5, 5.41) is 2.95. The molecule has 1 saturated carbocycles. The Bertz CT molecular complexity index is 986. The van der Waals surface area contributed by atoms with Crippen LogP contribution in [0.3, 0.4) is 0 Å². The quantitative estimate of drug-likeness (QED) is 0.645. The third-order valence-electron chi connectivity index (χ3n) is 6.09. The fraction of sp³-hybridized carbons (Fsp3) is 0.417. The third-order valence-corrected chi connectivity index (χ3v) is 6.09. The van der Waals surface area contributed by atoms with E-state index in [4.69, 9.17) is 0 Å². The lowest BCUT2D eigenvalue weighted by atomic mass is 10.1. The first-order valence-corrected chi connectivity index (χ1v) is 10.9. The highest BCUT2D eigenvalue weighted by Gasteiger charge is 2.31. The van der Waals surface area contributed by atoms with Gasteiger partial charge in [-0.3, -0.25) is 9.69 Å². The number of benzene rings is 2. The number of halogens is 3. The molecule has 2 aromatic carbocycles. The molecule has 2 aliphatic rings. The van der Waals surface area contributed by atoms with Gasteiger partial charge in [-0.05, 0) is 55.2 Å². The molecule has 1 N–H and O–H groups in total. The number of carbonyl (C=O) groups is 2. The Balaban J connectivity index is 1.46. The molecule has 1 aliphatic carbocycles. The van der Waals surface area contributed by atoms with E-state index < -0.39 is 11.7 Å². The van der Waals surface area contributed by atoms with Gasteiger partial charge in [-0.15, -0.1) is 0 Å². The normalized spacial score (nSPS) is 17.7. The van der Waals surface area contributed by atoms with Gasteiger partial charge in [0, 0.05) is 36.9 Å². The first-order valence-electron chi connectivity index (χ1n) is 10.9. The minimum atomic E-state index is -4.42. The predicted molar refractivity (Wildman–Crippen MR) is 116 cm³/mol. The standard InChI is InChI=1S/C24H26F3N3O2/c25-24(26,27)19-9-3-6-17(14-19)16-29-12-5-13-30(23(29)32)21-11-4-10-20(15-21)28-22(31)18-7-1-2-8-18/h3-4,6,9-11,14-15,18H,1-2,5,7-8,12-13,16H2,(H,28,31). The zero-order valence-corrected chi connectivity index (χ0v) is 17.7. The largest absolute Gasteiger partial charge is 0.416 e. The molecule has 0 atom stereocenters. The van der Waals surface area contributed by atoms with Gasteiger partial charge in [0.1, 0.15) is 0 Å². The second-order valence-electron chi connectivity index (χ2n) is 8.43. The van der Waals surface area contributed by atoms with Crippen molar-refractivity contribution in [3.8, 4) is 0 Å². The molecule has 0 unspecified atom stereocenters. The van der Waals surface area contributed by atoms with Gasteiger partial charge in [0.25, 0.3) is 0 Å². The molecule has 1 saturated heterocycles. The van der Waals surface area contributed by atoms with Crippen molar-refractivity contribution < 1.29 is 22.8 Å². The number of nitrogens with one attached hydrogen (secondary N) is 1. The van der Waals surface area contributed by atoms with Crippen molar-refractivity contribution in [1.29, 1.82) is 0 Å². The molecule has 2 aromatic rings. The number of anilines is 2. The van der Waals surface area contributed by atoms with E-state index in [1.54, 1.807) is 40.1 Å². The van der Waals surface area contributed by atoms with Crippen molar-refractivity contribution in [2.45, 2.75) is 44.8 Å². The minimum absolute atomic E-state index is 0.00999. The van der Waals surface area contributed by atoms with Gasteiger partial charge in [0.2, 0.25) is 5.91 Å². The number of alkyl halides is 3. The lowest BCUT2D eigenvalue weighted by Crippen LogP contribution is -2.49. The van der Waals surface area contributed by atoms with Crippen LogP contribution in [-0.4, -0.2) is 29.9 Å². The van der Waals surface area contributed by atoms with Gasteiger partial charge in [-0.25, -0.2) is 4.79 Å². The van der Waals surface area contributed by atoms with Crippen LogP contribution in [0.1, 0.15) is 43.2 Å². The molecule has 2 fully saturated rings. The average molecular weight is 445 g/mol. The zero-order chi connectivity index (χ0) is 22.7. The van der Waals surface area contributed by atoms with Crippen LogP contribution in [0.25, 0.3) is 0 Å². The van der Waals surface area contributed by atoms with E-state index in [1.807, 2.05) is 0 Å². The highest BCUT2D eigenvalue weighted by Crippen LogP contribution is 2.31. The number of nitrogens with zero attached hydrogens (tertiary/aromatic N) is 2. The van der Waals surface area contributed by atoms with Gasteiger partial charge in [0.05, 0.1) is 5.56 Å². The van der Waals surface area contributed by atoms with E-state index in [1.165, 1.54) is 6.07 Å². The molecule has 0 aromatic heterocycles. The summed E-state index contributed by atoms with van der Waals surface area (Å²) in [4.78, 5) is 28.7. The predicted octanol–water partition coefficient (Wildman–Crippen LogP) is 5.67. The van der Waals surface area contributed by atoms with Crippen LogP contribution in [-0.2, 0) is 17.5 Å². The highest BCUT2D eigenvalue weighted by atomic mass is 19.4. The second-order valence-corrected chi connectivity index (χ2v) is 8.43. The Kier molecular flexibility index (Phi) is 6.39. The molecule has 1 heterocycles. The summed E-state index contributed by atoms with van der Waals surface area (Å²) in [6, 6.07) is 12.0. The van der Waals surface area contributed by atoms with E-state index in [0.29, 0.717) is 36.4 Å². The Morgan fingerprint density at radius 3 is 2.50 bits per heavy atom. The topological polar surface area (TPSA) is 52.7 Å². The number of urea groups is 1. The van der Waals surface area contributed by atoms with E-state index in [9.17, 15) is 22.8 Å². The van der Waals surface area contributed by atoms with Crippen LogP contribution in [0.4, 0.5) is 29.3 Å². The monoisotopic (exact) mass is 445 g/mol. The van der Waals surface area contributed by atoms with Crippen molar-refractivity contribution >= 4 is 23.3 Å². The van der Waals surface area contributed by atoms with Crippen molar-refractivity contribution in [3.05, 3.63) is 59.7 Å². The molecule has 0 bridgehead atoms. The van der Waals surface area contributed by atoms with E-state index >= 15 is 0 Å². The zero-order valence-electron chi connectivity index (χ0n) is 17.7. The van der Waals surface area contributed by atoms with Crippen LogP contribution < -0.4 is 10.2 Å². The average Bonchev–Trinajstić information content (AvgIpc) is 3.30. The summed E-state index contributed by atoms with van der Waals surface area (Å²) in [6.07, 6.45) is 0.228. The lowest BCUT2D eigenvalue weighted by molar-refractivity contribution is -0.137. The first-order chi connectivity index (χ1) is 15.3. The molecule has 0 spiro atoms. The van der Waals surface area contributed by atoms with Crippen molar-refractivity contribution in [2.75, 3.05) is 23.3 Å². The Labute approximate surface area is 185 Å². The fourth-order valence-electron chi connectivity index (χ4n) is 4.42. The first kappa shape index (κ1) is 22.2. The fourth-order valence-corrected chi connectivity index (χ4v) is 4.42. The van der Waals surface area contributed by atoms with Crippen LogP contribution in [0.15, 0.2) is 48.5 Å². The van der Waals surface area contributed by atoms with E-state index in [-0.39, 0.29) is 24.4 Å². The van der Waals surface area contributed by atoms with E-state index in [0.717, 1.165) is 37.8 Å². The smallest absolute Gasteiger partial charge is 0.326 e. The number of hydrogen-bond donors (Lipinski definition) is 1. The van der Waals surface area contributed by atoms with Gasteiger partial charge >= 0.3 is 12.2 Å². The van der Waals surface area contributed by atoms with E-state index in [2.05, 4.69) is 5.32 Å². The minimum Gasteiger partial charge on any atom is -0.326 e. The van der Waals surface area contributed by atoms with Crippen molar-refractivity contribution in [2.24, 2.45) is 5.92 Å². The second kappa shape index (κ2) is 9.22. The highest BCUT2D eigenvalue weighted by molar-refractivity contribution is 5.96. The third kappa shape index (κ3) is 5.06. The van der Waals surface area contributed by atoms with Crippen LogP contribution >= 0.6 is 0 Å². The van der Waals surface area contributed by atoms with Gasteiger partial charge in [-0.1, -0.05) is 31.0 Å².